The van der Waals surface area contributed by atoms with Crippen LogP contribution in [-0.2, 0) is 14.3 Å². The first-order valence-corrected chi connectivity index (χ1v) is 11.7. The molecule has 0 heterocycles. The molecule has 1 atom stereocenters. The Labute approximate surface area is 199 Å². The van der Waals surface area contributed by atoms with Crippen LogP contribution in [0, 0.1) is 5.41 Å². The Balaban J connectivity index is 1.38. The minimum Gasteiger partial charge on any atom is -0.481 e. The number of carboxylic acids is 1. The van der Waals surface area contributed by atoms with Crippen LogP contribution in [0.4, 0.5) is 4.79 Å². The number of hydrogen-bond acceptors (Lipinski definition) is 4. The molecule has 0 aliphatic heterocycles. The molecule has 2 amide bonds. The van der Waals surface area contributed by atoms with E-state index in [1.807, 2.05) is 45.0 Å². The lowest BCUT2D eigenvalue weighted by molar-refractivity contribution is -0.138. The third kappa shape index (κ3) is 5.24. The SMILES string of the molecule is CC(C)(C)CC(CC(=O)O)NC(=O)C1(NC(=O)OCC2c3ccccc3-c3ccccc32)CC1. The van der Waals surface area contributed by atoms with Crippen LogP contribution in [0.2, 0.25) is 0 Å². The molecule has 1 unspecified atom stereocenters. The topological polar surface area (TPSA) is 105 Å². The fourth-order valence-electron chi connectivity index (χ4n) is 4.81. The number of carboxylic acid groups (broad SMARTS) is 1. The van der Waals surface area contributed by atoms with E-state index in [2.05, 4.69) is 34.9 Å². The number of benzene rings is 2. The van der Waals surface area contributed by atoms with Crippen LogP contribution in [0.25, 0.3) is 11.1 Å². The Bertz CT molecular complexity index is 1050. The number of rotatable bonds is 8. The summed E-state index contributed by atoms with van der Waals surface area (Å²) >= 11 is 0. The smallest absolute Gasteiger partial charge is 0.408 e. The van der Waals surface area contributed by atoms with Crippen molar-refractivity contribution in [2.24, 2.45) is 5.41 Å². The van der Waals surface area contributed by atoms with Crippen LogP contribution in [0.1, 0.15) is 63.5 Å². The highest BCUT2D eigenvalue weighted by Crippen LogP contribution is 2.44. The van der Waals surface area contributed by atoms with Crippen molar-refractivity contribution in [1.29, 1.82) is 0 Å². The zero-order valence-corrected chi connectivity index (χ0v) is 19.9. The molecule has 7 nitrogen and oxygen atoms in total. The van der Waals surface area contributed by atoms with Crippen LogP contribution < -0.4 is 10.6 Å². The van der Waals surface area contributed by atoms with Crippen molar-refractivity contribution >= 4 is 18.0 Å². The summed E-state index contributed by atoms with van der Waals surface area (Å²) in [6, 6.07) is 15.7. The van der Waals surface area contributed by atoms with E-state index in [1.165, 1.54) is 0 Å². The van der Waals surface area contributed by atoms with Crippen LogP contribution >= 0.6 is 0 Å². The number of fused-ring (bicyclic) bond motifs is 3. The van der Waals surface area contributed by atoms with E-state index in [-0.39, 0.29) is 30.3 Å². The number of hydrogen-bond donors (Lipinski definition) is 3. The normalized spacial score (nSPS) is 16.7. The molecule has 0 aromatic heterocycles. The van der Waals surface area contributed by atoms with Crippen molar-refractivity contribution in [3.05, 3.63) is 59.7 Å². The maximum Gasteiger partial charge on any atom is 0.408 e. The van der Waals surface area contributed by atoms with Gasteiger partial charge in [0.1, 0.15) is 12.1 Å². The molecule has 2 aromatic rings. The minimum atomic E-state index is -1.03. The number of carbonyl (C=O) groups excluding carboxylic acids is 2. The van der Waals surface area contributed by atoms with Gasteiger partial charge < -0.3 is 20.5 Å². The van der Waals surface area contributed by atoms with Gasteiger partial charge in [-0.25, -0.2) is 4.79 Å². The van der Waals surface area contributed by atoms with Gasteiger partial charge in [-0.2, -0.15) is 0 Å². The highest BCUT2D eigenvalue weighted by atomic mass is 16.5. The molecular formula is C27H32N2O5. The summed E-state index contributed by atoms with van der Waals surface area (Å²) in [5.41, 5.74) is 3.35. The summed E-state index contributed by atoms with van der Waals surface area (Å²) < 4.78 is 5.59. The number of carbonyl (C=O) groups is 3. The Morgan fingerprint density at radius 1 is 1.03 bits per heavy atom. The minimum absolute atomic E-state index is 0.0612. The van der Waals surface area contributed by atoms with Crippen molar-refractivity contribution < 1.29 is 24.2 Å². The average Bonchev–Trinajstić information content (AvgIpc) is 3.46. The van der Waals surface area contributed by atoms with Gasteiger partial charge in [-0.3, -0.25) is 9.59 Å². The second-order valence-corrected chi connectivity index (χ2v) is 10.6. The quantitative estimate of drug-likeness (QED) is 0.535. The molecule has 0 bridgehead atoms. The third-order valence-corrected chi connectivity index (χ3v) is 6.48. The van der Waals surface area contributed by atoms with E-state index in [0.29, 0.717) is 19.3 Å². The van der Waals surface area contributed by atoms with Crippen molar-refractivity contribution in [1.82, 2.24) is 10.6 Å². The Morgan fingerprint density at radius 2 is 1.59 bits per heavy atom. The fraction of sp³-hybridized carbons (Fsp3) is 0.444. The maximum absolute atomic E-state index is 13.0. The predicted octanol–water partition coefficient (Wildman–Crippen LogP) is 4.45. The average molecular weight is 465 g/mol. The maximum atomic E-state index is 13.0. The third-order valence-electron chi connectivity index (χ3n) is 6.48. The monoisotopic (exact) mass is 464 g/mol. The number of amides is 2. The summed E-state index contributed by atoms with van der Waals surface area (Å²) in [4.78, 5) is 36.9. The summed E-state index contributed by atoms with van der Waals surface area (Å²) in [6.07, 6.45) is 0.715. The van der Waals surface area contributed by atoms with Gasteiger partial charge in [-0.15, -0.1) is 0 Å². The molecule has 3 N–H and O–H groups in total. The molecule has 2 aliphatic carbocycles. The number of aliphatic carboxylic acids is 1. The Kier molecular flexibility index (Phi) is 6.39. The summed E-state index contributed by atoms with van der Waals surface area (Å²) in [5, 5.41) is 14.8. The lowest BCUT2D eigenvalue weighted by atomic mass is 9.87. The zero-order valence-electron chi connectivity index (χ0n) is 19.9. The number of ether oxygens (including phenoxy) is 1. The van der Waals surface area contributed by atoms with Crippen molar-refractivity contribution in [3.63, 3.8) is 0 Å². The zero-order chi connectivity index (χ0) is 24.5. The number of nitrogens with one attached hydrogen (secondary N) is 2. The first-order chi connectivity index (χ1) is 16.1. The van der Waals surface area contributed by atoms with Gasteiger partial charge in [0, 0.05) is 12.0 Å². The first-order valence-electron chi connectivity index (χ1n) is 11.7. The van der Waals surface area contributed by atoms with E-state index in [4.69, 9.17) is 4.74 Å². The van der Waals surface area contributed by atoms with Crippen molar-refractivity contribution in [2.75, 3.05) is 6.61 Å². The van der Waals surface area contributed by atoms with Crippen LogP contribution in [0.3, 0.4) is 0 Å². The second kappa shape index (κ2) is 9.12. The highest BCUT2D eigenvalue weighted by Gasteiger charge is 2.52. The highest BCUT2D eigenvalue weighted by molar-refractivity contribution is 5.93. The number of alkyl carbamates (subject to hydrolysis) is 1. The fourth-order valence-corrected chi connectivity index (χ4v) is 4.81. The molecule has 0 spiro atoms. The lowest BCUT2D eigenvalue weighted by Gasteiger charge is -2.27. The molecule has 0 radical (unpaired) electrons. The van der Waals surface area contributed by atoms with E-state index in [1.54, 1.807) is 0 Å². The van der Waals surface area contributed by atoms with Gasteiger partial charge in [0.05, 0.1) is 6.42 Å². The molecule has 180 valence electrons. The molecule has 4 rings (SSSR count). The van der Waals surface area contributed by atoms with E-state index >= 15 is 0 Å². The van der Waals surface area contributed by atoms with Gasteiger partial charge in [-0.05, 0) is 46.9 Å². The van der Waals surface area contributed by atoms with Crippen molar-refractivity contribution in [3.8, 4) is 11.1 Å². The van der Waals surface area contributed by atoms with Crippen LogP contribution in [0.5, 0.6) is 0 Å². The first kappa shape index (κ1) is 23.8. The summed E-state index contributed by atoms with van der Waals surface area (Å²) in [6.45, 7) is 6.16. The summed E-state index contributed by atoms with van der Waals surface area (Å²) in [5.74, 6) is -1.38. The molecule has 2 aliphatic rings. The Hall–Kier alpha value is -3.35. The standard InChI is InChI=1S/C27H32N2O5/c1-26(2,3)15-17(14-23(30)31)28-24(32)27(12-13-27)29-25(33)34-16-22-20-10-6-4-8-18(20)19-9-5-7-11-21(19)22/h4-11,17,22H,12-16H2,1-3H3,(H,28,32)(H,29,33)(H,30,31). The molecule has 7 heteroatoms. The van der Waals surface area contributed by atoms with E-state index < -0.39 is 23.6 Å². The molecule has 2 aromatic carbocycles. The van der Waals surface area contributed by atoms with Crippen molar-refractivity contribution in [2.45, 2.75) is 64.0 Å². The van der Waals surface area contributed by atoms with E-state index in [0.717, 1.165) is 22.3 Å². The molecule has 1 saturated carbocycles. The lowest BCUT2D eigenvalue weighted by Crippen LogP contribution is -2.52. The molecule has 1 fully saturated rings. The van der Waals surface area contributed by atoms with Crippen LogP contribution in [-0.4, -0.2) is 41.3 Å². The van der Waals surface area contributed by atoms with Gasteiger partial charge in [0.15, 0.2) is 0 Å². The van der Waals surface area contributed by atoms with Crippen LogP contribution in [0.15, 0.2) is 48.5 Å². The van der Waals surface area contributed by atoms with E-state index in [9.17, 15) is 19.5 Å². The molecular weight excluding hydrogens is 432 g/mol. The Morgan fingerprint density at radius 3 is 2.09 bits per heavy atom. The second-order valence-electron chi connectivity index (χ2n) is 10.6. The predicted molar refractivity (Wildman–Crippen MR) is 128 cm³/mol. The van der Waals surface area contributed by atoms with Gasteiger partial charge >= 0.3 is 12.1 Å². The van der Waals surface area contributed by atoms with Gasteiger partial charge in [-0.1, -0.05) is 69.3 Å². The summed E-state index contributed by atoms with van der Waals surface area (Å²) in [7, 11) is 0. The largest absolute Gasteiger partial charge is 0.481 e. The molecule has 34 heavy (non-hydrogen) atoms. The van der Waals surface area contributed by atoms with Gasteiger partial charge in [0.2, 0.25) is 5.91 Å². The molecule has 0 saturated heterocycles. The van der Waals surface area contributed by atoms with Gasteiger partial charge in [0.25, 0.3) is 0 Å².